The van der Waals surface area contributed by atoms with E-state index < -0.39 is 15.4 Å². The van der Waals surface area contributed by atoms with Crippen LogP contribution in [-0.2, 0) is 21.4 Å². The lowest BCUT2D eigenvalue weighted by atomic mass is 9.96. The zero-order chi connectivity index (χ0) is 18.0. The molecule has 1 amide bonds. The van der Waals surface area contributed by atoms with Crippen molar-refractivity contribution in [2.24, 2.45) is 5.41 Å². The minimum Gasteiger partial charge on any atom is -0.468 e. The molecule has 2 aromatic heterocycles. The summed E-state index contributed by atoms with van der Waals surface area (Å²) in [6, 6.07) is 3.40. The van der Waals surface area contributed by atoms with Crippen LogP contribution in [0.3, 0.4) is 0 Å². The van der Waals surface area contributed by atoms with Gasteiger partial charge in [-0.15, -0.1) is 10.2 Å². The molecule has 2 rings (SSSR count). The molecule has 2 heterocycles. The number of anilines is 1. The van der Waals surface area contributed by atoms with Crippen molar-refractivity contribution in [2.75, 3.05) is 11.9 Å². The fourth-order valence-electron chi connectivity index (χ4n) is 1.70. The lowest BCUT2D eigenvalue weighted by Gasteiger charge is -2.17. The van der Waals surface area contributed by atoms with Gasteiger partial charge in [0.1, 0.15) is 5.76 Å². The van der Waals surface area contributed by atoms with Crippen LogP contribution < -0.4 is 5.32 Å². The Bertz CT molecular complexity index is 791. The third kappa shape index (κ3) is 4.19. The van der Waals surface area contributed by atoms with Gasteiger partial charge in [0.25, 0.3) is 10.0 Å². The van der Waals surface area contributed by atoms with Gasteiger partial charge in [0, 0.05) is 12.0 Å². The van der Waals surface area contributed by atoms with Crippen LogP contribution in [0, 0.1) is 5.41 Å². The topological polar surface area (TPSA) is 105 Å². The largest absolute Gasteiger partial charge is 0.468 e. The minimum absolute atomic E-state index is 0.106. The monoisotopic (exact) mass is 372 g/mol. The number of nitrogens with zero attached hydrogens (tertiary/aromatic N) is 3. The van der Waals surface area contributed by atoms with Gasteiger partial charge < -0.3 is 9.73 Å². The maximum atomic E-state index is 12.7. The van der Waals surface area contributed by atoms with Crippen LogP contribution in [0.2, 0.25) is 0 Å². The smallest absolute Gasteiger partial charge is 0.272 e. The number of carbonyl (C=O) groups is 1. The van der Waals surface area contributed by atoms with Crippen molar-refractivity contribution in [3.8, 4) is 0 Å². The number of hydrogen-bond donors (Lipinski definition) is 1. The van der Waals surface area contributed by atoms with Crippen molar-refractivity contribution in [1.29, 1.82) is 0 Å². The molecule has 0 aliphatic heterocycles. The molecular weight excluding hydrogens is 352 g/mol. The predicted octanol–water partition coefficient (Wildman–Crippen LogP) is 2.33. The molecule has 0 saturated carbocycles. The van der Waals surface area contributed by atoms with Crippen LogP contribution in [0.25, 0.3) is 0 Å². The maximum absolute atomic E-state index is 12.7. The Balaban J connectivity index is 2.18. The molecule has 24 heavy (non-hydrogen) atoms. The lowest BCUT2D eigenvalue weighted by molar-refractivity contribution is -0.123. The number of aromatic nitrogens is 2. The Morgan fingerprint density at radius 1 is 1.38 bits per heavy atom. The van der Waals surface area contributed by atoms with Gasteiger partial charge in [0.2, 0.25) is 15.4 Å². The van der Waals surface area contributed by atoms with Gasteiger partial charge >= 0.3 is 0 Å². The summed E-state index contributed by atoms with van der Waals surface area (Å²) >= 11 is 0.826. The van der Waals surface area contributed by atoms with E-state index in [0.717, 1.165) is 11.3 Å². The second kappa shape index (κ2) is 6.99. The summed E-state index contributed by atoms with van der Waals surface area (Å²) in [6.45, 7) is 7.35. The van der Waals surface area contributed by atoms with E-state index in [4.69, 9.17) is 4.42 Å². The first-order chi connectivity index (χ1) is 11.1. The summed E-state index contributed by atoms with van der Waals surface area (Å²) in [5, 5.41) is 10.2. The van der Waals surface area contributed by atoms with Crippen LogP contribution in [0.4, 0.5) is 5.13 Å². The second-order valence-corrected chi connectivity index (χ2v) is 9.18. The molecule has 2 aromatic rings. The molecular formula is C14H20N4O4S2. The van der Waals surface area contributed by atoms with E-state index >= 15 is 0 Å². The SMILES string of the molecule is CCN(Cc1ccco1)S(=O)(=O)c1nnc(NC(=O)C(C)(C)C)s1. The van der Waals surface area contributed by atoms with Crippen molar-refractivity contribution in [3.05, 3.63) is 24.2 Å². The molecule has 0 aromatic carbocycles. The van der Waals surface area contributed by atoms with Crippen molar-refractivity contribution in [1.82, 2.24) is 14.5 Å². The molecule has 10 heteroatoms. The first kappa shape index (κ1) is 18.6. The van der Waals surface area contributed by atoms with E-state index in [-0.39, 0.29) is 28.5 Å². The quantitative estimate of drug-likeness (QED) is 0.780. The molecule has 0 aliphatic carbocycles. The highest BCUT2D eigenvalue weighted by molar-refractivity contribution is 7.91. The summed E-state index contributed by atoms with van der Waals surface area (Å²) in [5.74, 6) is 0.275. The normalized spacial score (nSPS) is 12.5. The van der Waals surface area contributed by atoms with Crippen molar-refractivity contribution in [3.63, 3.8) is 0 Å². The summed E-state index contributed by atoms with van der Waals surface area (Å²) in [4.78, 5) is 12.0. The number of sulfonamides is 1. The Labute approximate surface area is 144 Å². The first-order valence-electron chi connectivity index (χ1n) is 7.32. The Morgan fingerprint density at radius 3 is 2.62 bits per heavy atom. The zero-order valence-electron chi connectivity index (χ0n) is 13.9. The highest BCUT2D eigenvalue weighted by Crippen LogP contribution is 2.26. The first-order valence-corrected chi connectivity index (χ1v) is 9.57. The van der Waals surface area contributed by atoms with Gasteiger partial charge in [-0.2, -0.15) is 4.31 Å². The fourth-order valence-corrected chi connectivity index (χ4v) is 4.15. The third-order valence-electron chi connectivity index (χ3n) is 3.13. The number of carbonyl (C=O) groups excluding carboxylic acids is 1. The van der Waals surface area contributed by atoms with Crippen LogP contribution in [0.1, 0.15) is 33.5 Å². The lowest BCUT2D eigenvalue weighted by Crippen LogP contribution is -2.30. The van der Waals surface area contributed by atoms with Gasteiger partial charge in [-0.05, 0) is 12.1 Å². The Morgan fingerprint density at radius 2 is 2.08 bits per heavy atom. The average molecular weight is 372 g/mol. The van der Waals surface area contributed by atoms with Gasteiger partial charge in [-0.3, -0.25) is 4.79 Å². The Hall–Kier alpha value is -1.78. The van der Waals surface area contributed by atoms with Gasteiger partial charge in [-0.1, -0.05) is 39.0 Å². The molecule has 0 aliphatic rings. The number of rotatable bonds is 6. The summed E-state index contributed by atoms with van der Waals surface area (Å²) in [5.41, 5.74) is -0.612. The molecule has 132 valence electrons. The van der Waals surface area contributed by atoms with Crippen LogP contribution in [-0.4, -0.2) is 35.4 Å². The van der Waals surface area contributed by atoms with Crippen molar-refractivity contribution in [2.45, 2.75) is 38.6 Å². The van der Waals surface area contributed by atoms with Crippen LogP contribution in [0.5, 0.6) is 0 Å². The predicted molar refractivity (Wildman–Crippen MR) is 90.0 cm³/mol. The third-order valence-corrected chi connectivity index (χ3v) is 6.24. The van der Waals surface area contributed by atoms with E-state index in [1.165, 1.54) is 10.6 Å². The number of nitrogens with one attached hydrogen (secondary N) is 1. The number of furan rings is 1. The summed E-state index contributed by atoms with van der Waals surface area (Å²) in [6.07, 6.45) is 1.49. The van der Waals surface area contributed by atoms with E-state index in [9.17, 15) is 13.2 Å². The van der Waals surface area contributed by atoms with Crippen LogP contribution in [0.15, 0.2) is 27.2 Å². The van der Waals surface area contributed by atoms with Gasteiger partial charge in [-0.25, -0.2) is 8.42 Å². The summed E-state index contributed by atoms with van der Waals surface area (Å²) < 4.78 is 31.6. The molecule has 0 radical (unpaired) electrons. The molecule has 8 nitrogen and oxygen atoms in total. The van der Waals surface area contributed by atoms with E-state index in [2.05, 4.69) is 15.5 Å². The molecule has 0 unspecified atom stereocenters. The molecule has 0 saturated heterocycles. The highest BCUT2D eigenvalue weighted by Gasteiger charge is 2.29. The molecule has 1 N–H and O–H groups in total. The van der Waals surface area contributed by atoms with Gasteiger partial charge in [0.15, 0.2) is 0 Å². The number of hydrogen-bond acceptors (Lipinski definition) is 7. The second-order valence-electron chi connectivity index (χ2n) is 6.09. The standard InChI is InChI=1S/C14H20N4O4S2/c1-5-18(9-10-7-6-8-22-10)24(20,21)13-17-16-12(23-13)15-11(19)14(2,3)4/h6-8H,5,9H2,1-4H3,(H,15,16,19). The van der Waals surface area contributed by atoms with E-state index in [1.54, 1.807) is 39.8 Å². The van der Waals surface area contributed by atoms with Crippen molar-refractivity contribution < 1.29 is 17.6 Å². The zero-order valence-corrected chi connectivity index (χ0v) is 15.6. The molecule has 0 atom stereocenters. The van der Waals surface area contributed by atoms with Gasteiger partial charge in [0.05, 0.1) is 12.8 Å². The fraction of sp³-hybridized carbons (Fsp3) is 0.500. The molecule has 0 fully saturated rings. The number of amides is 1. The highest BCUT2D eigenvalue weighted by atomic mass is 32.2. The van der Waals surface area contributed by atoms with E-state index in [1.807, 2.05) is 0 Å². The molecule has 0 bridgehead atoms. The average Bonchev–Trinajstić information content (AvgIpc) is 3.14. The maximum Gasteiger partial charge on any atom is 0.272 e. The summed E-state index contributed by atoms with van der Waals surface area (Å²) in [7, 11) is -3.81. The molecule has 0 spiro atoms. The Kier molecular flexibility index (Phi) is 5.41. The minimum atomic E-state index is -3.81. The van der Waals surface area contributed by atoms with Crippen LogP contribution >= 0.6 is 11.3 Å². The van der Waals surface area contributed by atoms with E-state index in [0.29, 0.717) is 5.76 Å². The van der Waals surface area contributed by atoms with Crippen molar-refractivity contribution >= 4 is 32.4 Å².